The van der Waals surface area contributed by atoms with Crippen molar-refractivity contribution in [2.75, 3.05) is 54.4 Å². The zero-order valence-corrected chi connectivity index (χ0v) is 24.4. The van der Waals surface area contributed by atoms with Crippen LogP contribution in [-0.2, 0) is 9.84 Å². The Morgan fingerprint density at radius 3 is 2.68 bits per heavy atom. The molecule has 3 aromatic rings. The van der Waals surface area contributed by atoms with Gasteiger partial charge in [-0.2, -0.15) is 5.26 Å². The number of hydrogen-bond donors (Lipinski definition) is 2. The van der Waals surface area contributed by atoms with Crippen molar-refractivity contribution >= 4 is 21.3 Å². The molecule has 9 nitrogen and oxygen atoms in total. The van der Waals surface area contributed by atoms with Crippen LogP contribution in [0.15, 0.2) is 42.5 Å². The highest BCUT2D eigenvalue weighted by Gasteiger charge is 2.24. The second kappa shape index (κ2) is 12.5. The zero-order valence-electron chi connectivity index (χ0n) is 23.6. The monoisotopic (exact) mass is 580 g/mol. The number of aromatic nitrogens is 2. The largest absolute Gasteiger partial charge is 0.489 e. The van der Waals surface area contributed by atoms with Gasteiger partial charge in [0.25, 0.3) is 0 Å². The standard InChI is InChI=1S/C30H37FN6O3S/c1-21(2)40-29-17-25(36-12-14-41(38,39)15-13-36)7-8-27(29)37-28(23-5-6-24(19-32)26(31)16-23)18-30(35-37)34-20-22-4-3-10-33-11-9-22/h5-8,16-18,21-22,33H,3-4,9-15,20H2,1-2H3,(H,34,35). The van der Waals surface area contributed by atoms with E-state index in [1.165, 1.54) is 12.1 Å². The highest BCUT2D eigenvalue weighted by atomic mass is 32.2. The number of nitrogens with zero attached hydrogens (tertiary/aromatic N) is 4. The lowest BCUT2D eigenvalue weighted by Gasteiger charge is -2.29. The van der Waals surface area contributed by atoms with Gasteiger partial charge in [0.05, 0.1) is 28.9 Å². The molecule has 2 aromatic carbocycles. The number of nitrogens with one attached hydrogen (secondary N) is 2. The molecule has 2 saturated heterocycles. The van der Waals surface area contributed by atoms with Gasteiger partial charge in [0.15, 0.2) is 9.84 Å². The summed E-state index contributed by atoms with van der Waals surface area (Å²) in [5.41, 5.74) is 2.78. The maximum atomic E-state index is 14.7. The van der Waals surface area contributed by atoms with E-state index in [2.05, 4.69) is 10.6 Å². The first-order valence-corrected chi connectivity index (χ1v) is 16.1. The fourth-order valence-electron chi connectivity index (χ4n) is 5.36. The SMILES string of the molecule is CC(C)Oc1cc(N2CCS(=O)(=O)CC2)ccc1-n1nc(NCC2CCCNCC2)cc1-c1ccc(C#N)c(F)c1. The van der Waals surface area contributed by atoms with E-state index in [0.29, 0.717) is 47.5 Å². The molecule has 3 heterocycles. The summed E-state index contributed by atoms with van der Waals surface area (Å²) in [6, 6.07) is 14.1. The summed E-state index contributed by atoms with van der Waals surface area (Å²) in [6.45, 7) is 7.56. The molecule has 0 saturated carbocycles. The molecule has 0 amide bonds. The molecule has 41 heavy (non-hydrogen) atoms. The van der Waals surface area contributed by atoms with Gasteiger partial charge < -0.3 is 20.3 Å². The molecule has 1 aromatic heterocycles. The van der Waals surface area contributed by atoms with E-state index in [1.54, 1.807) is 10.7 Å². The molecule has 2 aliphatic rings. The minimum atomic E-state index is -3.01. The topological polar surface area (TPSA) is 112 Å². The van der Waals surface area contributed by atoms with Crippen LogP contribution in [0.4, 0.5) is 15.9 Å². The molecular formula is C30H37FN6O3S. The highest BCUT2D eigenvalue weighted by Crippen LogP contribution is 2.35. The van der Waals surface area contributed by atoms with Gasteiger partial charge in [0.2, 0.25) is 0 Å². The lowest BCUT2D eigenvalue weighted by molar-refractivity contribution is 0.241. The molecule has 218 valence electrons. The molecule has 2 N–H and O–H groups in total. The van der Waals surface area contributed by atoms with E-state index in [4.69, 9.17) is 9.84 Å². The molecule has 2 fully saturated rings. The molecule has 1 unspecified atom stereocenters. The maximum Gasteiger partial charge on any atom is 0.153 e. The van der Waals surface area contributed by atoms with Crippen molar-refractivity contribution in [2.45, 2.75) is 39.2 Å². The van der Waals surface area contributed by atoms with E-state index in [0.717, 1.165) is 44.6 Å². The summed E-state index contributed by atoms with van der Waals surface area (Å²) in [5.74, 6) is 1.43. The predicted octanol–water partition coefficient (Wildman–Crippen LogP) is 4.37. The van der Waals surface area contributed by atoms with Crippen molar-refractivity contribution in [3.63, 3.8) is 0 Å². The van der Waals surface area contributed by atoms with Gasteiger partial charge in [-0.05, 0) is 76.4 Å². The van der Waals surface area contributed by atoms with Crippen molar-refractivity contribution in [3.8, 4) is 28.8 Å². The Morgan fingerprint density at radius 1 is 1.15 bits per heavy atom. The van der Waals surface area contributed by atoms with Gasteiger partial charge in [-0.3, -0.25) is 0 Å². The van der Waals surface area contributed by atoms with Crippen LogP contribution in [0, 0.1) is 23.1 Å². The molecule has 2 aliphatic heterocycles. The van der Waals surface area contributed by atoms with Crippen molar-refractivity contribution in [1.29, 1.82) is 5.26 Å². The maximum absolute atomic E-state index is 14.7. The lowest BCUT2D eigenvalue weighted by atomic mass is 10.0. The Kier molecular flexibility index (Phi) is 8.80. The van der Waals surface area contributed by atoms with Crippen LogP contribution in [0.25, 0.3) is 16.9 Å². The van der Waals surface area contributed by atoms with E-state index < -0.39 is 15.7 Å². The molecule has 5 rings (SSSR count). The van der Waals surface area contributed by atoms with Crippen LogP contribution in [0.2, 0.25) is 0 Å². The van der Waals surface area contributed by atoms with Crippen molar-refractivity contribution < 1.29 is 17.5 Å². The summed E-state index contributed by atoms with van der Waals surface area (Å²) in [5, 5.41) is 21.1. The van der Waals surface area contributed by atoms with Crippen LogP contribution >= 0.6 is 0 Å². The third-order valence-corrected chi connectivity index (χ3v) is 9.21. The van der Waals surface area contributed by atoms with E-state index in [1.807, 2.05) is 49.1 Å². The molecule has 0 aliphatic carbocycles. The third-order valence-electron chi connectivity index (χ3n) is 7.61. The Morgan fingerprint density at radius 2 is 1.95 bits per heavy atom. The van der Waals surface area contributed by atoms with Gasteiger partial charge in [0, 0.05) is 43.0 Å². The average Bonchev–Trinajstić information content (AvgIpc) is 3.18. The number of rotatable bonds is 8. The van der Waals surface area contributed by atoms with Gasteiger partial charge in [-0.15, -0.1) is 5.10 Å². The quantitative estimate of drug-likeness (QED) is 0.404. The molecule has 0 bridgehead atoms. The average molecular weight is 581 g/mol. The van der Waals surface area contributed by atoms with Crippen molar-refractivity contribution in [3.05, 3.63) is 53.8 Å². The number of halogens is 1. The first kappa shape index (κ1) is 28.9. The van der Waals surface area contributed by atoms with Gasteiger partial charge in [-0.25, -0.2) is 17.5 Å². The number of nitriles is 1. The smallest absolute Gasteiger partial charge is 0.153 e. The minimum absolute atomic E-state index is 0.0168. The summed E-state index contributed by atoms with van der Waals surface area (Å²) in [7, 11) is -3.01. The number of sulfone groups is 1. The van der Waals surface area contributed by atoms with E-state index in [9.17, 15) is 18.1 Å². The van der Waals surface area contributed by atoms with Crippen LogP contribution in [0.5, 0.6) is 5.75 Å². The number of ether oxygens (including phenoxy) is 1. The summed E-state index contributed by atoms with van der Waals surface area (Å²) >= 11 is 0. The number of anilines is 2. The van der Waals surface area contributed by atoms with Gasteiger partial charge in [0.1, 0.15) is 29.1 Å². The van der Waals surface area contributed by atoms with Crippen LogP contribution in [-0.4, -0.2) is 68.5 Å². The summed E-state index contributed by atoms with van der Waals surface area (Å²) < 4.78 is 46.7. The van der Waals surface area contributed by atoms with Crippen LogP contribution in [0.3, 0.4) is 0 Å². The third kappa shape index (κ3) is 7.00. The zero-order chi connectivity index (χ0) is 29.0. The highest BCUT2D eigenvalue weighted by molar-refractivity contribution is 7.91. The van der Waals surface area contributed by atoms with E-state index in [-0.39, 0.29) is 23.2 Å². The second-order valence-corrected chi connectivity index (χ2v) is 13.3. The molecule has 11 heteroatoms. The predicted molar refractivity (Wildman–Crippen MR) is 159 cm³/mol. The van der Waals surface area contributed by atoms with Crippen LogP contribution in [0.1, 0.15) is 38.7 Å². The Labute approximate surface area is 241 Å². The minimum Gasteiger partial charge on any atom is -0.489 e. The molecule has 1 atom stereocenters. The molecule has 0 spiro atoms. The number of hydrogen-bond acceptors (Lipinski definition) is 8. The Bertz CT molecular complexity index is 1510. The molecule has 0 radical (unpaired) electrons. The second-order valence-electron chi connectivity index (χ2n) is 11.0. The first-order chi connectivity index (χ1) is 19.7. The fraction of sp³-hybridized carbons (Fsp3) is 0.467. The Balaban J connectivity index is 1.53. The normalized spacial score (nSPS) is 19.0. The van der Waals surface area contributed by atoms with Gasteiger partial charge >= 0.3 is 0 Å². The molecular weight excluding hydrogens is 543 g/mol. The fourth-order valence-corrected chi connectivity index (χ4v) is 6.56. The summed E-state index contributed by atoms with van der Waals surface area (Å²) in [6.07, 6.45) is 3.24. The van der Waals surface area contributed by atoms with Crippen molar-refractivity contribution in [2.24, 2.45) is 5.92 Å². The lowest BCUT2D eigenvalue weighted by Crippen LogP contribution is -2.40. The number of benzene rings is 2. The van der Waals surface area contributed by atoms with Crippen LogP contribution < -0.4 is 20.3 Å². The summed E-state index contributed by atoms with van der Waals surface area (Å²) in [4.78, 5) is 2.05. The first-order valence-electron chi connectivity index (χ1n) is 14.2. The van der Waals surface area contributed by atoms with E-state index >= 15 is 0 Å². The Hall–Kier alpha value is -3.62. The van der Waals surface area contributed by atoms with Crippen molar-refractivity contribution in [1.82, 2.24) is 15.1 Å². The van der Waals surface area contributed by atoms with Gasteiger partial charge in [-0.1, -0.05) is 6.07 Å².